The van der Waals surface area contributed by atoms with Crippen LogP contribution in [-0.2, 0) is 0 Å². The van der Waals surface area contributed by atoms with Gasteiger partial charge in [-0.1, -0.05) is 12.1 Å². The Morgan fingerprint density at radius 1 is 0.933 bits per heavy atom. The van der Waals surface area contributed by atoms with Gasteiger partial charge in [0.25, 0.3) is 0 Å². The first-order chi connectivity index (χ1) is 6.68. The van der Waals surface area contributed by atoms with E-state index >= 15 is 0 Å². The van der Waals surface area contributed by atoms with Gasteiger partial charge in [0.15, 0.2) is 0 Å². The normalized spacial score (nSPS) is 12.7. The zero-order valence-corrected chi connectivity index (χ0v) is 7.06. The van der Waals surface area contributed by atoms with Crippen LogP contribution in [0.4, 0.5) is 26.1 Å². The van der Waals surface area contributed by atoms with Gasteiger partial charge in [-0.3, -0.25) is 0 Å². The van der Waals surface area contributed by atoms with Crippen LogP contribution in [0.1, 0.15) is 0 Å². The predicted octanol–water partition coefficient (Wildman–Crippen LogP) is 2.64. The number of hydrogen-bond donors (Lipinski definition) is 0. The van der Waals surface area contributed by atoms with Crippen molar-refractivity contribution in [1.29, 1.82) is 0 Å². The summed E-state index contributed by atoms with van der Waals surface area (Å²) in [5, 5.41) is 0. The van der Waals surface area contributed by atoms with Crippen molar-refractivity contribution in [2.45, 2.75) is 6.36 Å². The second-order valence-electron chi connectivity index (χ2n) is 2.69. The van der Waals surface area contributed by atoms with Gasteiger partial charge in [0.05, 0.1) is 0 Å². The van der Waals surface area contributed by atoms with E-state index in [0.717, 1.165) is 0 Å². The van der Waals surface area contributed by atoms with Crippen molar-refractivity contribution in [2.75, 3.05) is 0 Å². The van der Waals surface area contributed by atoms with Gasteiger partial charge < -0.3 is 17.7 Å². The van der Waals surface area contributed by atoms with E-state index < -0.39 is 24.6 Å². The summed E-state index contributed by atoms with van der Waals surface area (Å²) in [5.74, 6) is -0.675. The molecule has 0 N–H and O–H groups in total. The fraction of sp³-hybridized carbons (Fsp3) is 0.143. The van der Waals surface area contributed by atoms with Gasteiger partial charge in [-0.2, -0.15) is 0 Å². The molecule has 0 radical (unpaired) electrons. The summed E-state index contributed by atoms with van der Waals surface area (Å²) < 4.78 is 74.5. The average Bonchev–Trinajstić information content (AvgIpc) is 2.00. The summed E-state index contributed by atoms with van der Waals surface area (Å²) in [7, 11) is 0. The lowest BCUT2D eigenvalue weighted by atomic mass is 9.80. The molecule has 0 atom stereocenters. The van der Waals surface area contributed by atoms with Crippen molar-refractivity contribution in [3.8, 4) is 5.75 Å². The van der Waals surface area contributed by atoms with Gasteiger partial charge in [0, 0.05) is 0 Å². The van der Waals surface area contributed by atoms with Crippen LogP contribution < -0.4 is 10.2 Å². The Balaban J connectivity index is 2.82. The molecule has 0 aliphatic heterocycles. The fourth-order valence-corrected chi connectivity index (χ4v) is 0.888. The summed E-state index contributed by atoms with van der Waals surface area (Å²) in [6.07, 6.45) is -4.90. The van der Waals surface area contributed by atoms with Gasteiger partial charge in [0.1, 0.15) is 5.75 Å². The number of halogens is 6. The molecular weight excluding hydrogens is 225 g/mol. The van der Waals surface area contributed by atoms with E-state index in [9.17, 15) is 26.1 Å². The molecule has 1 aromatic rings. The Hall–Kier alpha value is -1.34. The summed E-state index contributed by atoms with van der Waals surface area (Å²) in [4.78, 5) is 0. The largest absolute Gasteiger partial charge is 0.573 e. The maximum atomic E-state index is 12.1. The summed E-state index contributed by atoms with van der Waals surface area (Å²) in [5.41, 5.74) is -0.968. The van der Waals surface area contributed by atoms with Gasteiger partial charge >= 0.3 is 13.3 Å². The lowest BCUT2D eigenvalue weighted by molar-refractivity contribution is -0.274. The predicted molar refractivity (Wildman–Crippen MR) is 41.8 cm³/mol. The van der Waals surface area contributed by atoms with E-state index in [1.54, 1.807) is 0 Å². The van der Waals surface area contributed by atoms with Crippen LogP contribution in [0.15, 0.2) is 24.3 Å². The molecule has 0 aliphatic carbocycles. The van der Waals surface area contributed by atoms with E-state index in [2.05, 4.69) is 4.74 Å². The van der Waals surface area contributed by atoms with Crippen LogP contribution in [0.2, 0.25) is 0 Å². The highest BCUT2D eigenvalue weighted by Crippen LogP contribution is 2.22. The van der Waals surface area contributed by atoms with Crippen molar-refractivity contribution in [3.63, 3.8) is 0 Å². The molecular formula is C7H4BF6O-. The molecule has 0 bridgehead atoms. The van der Waals surface area contributed by atoms with E-state index in [1.165, 1.54) is 0 Å². The number of alkyl halides is 3. The van der Waals surface area contributed by atoms with E-state index in [1.807, 2.05) is 0 Å². The van der Waals surface area contributed by atoms with Gasteiger partial charge in [0.2, 0.25) is 0 Å². The second-order valence-corrected chi connectivity index (χ2v) is 2.69. The Morgan fingerprint density at radius 2 is 1.40 bits per heavy atom. The van der Waals surface area contributed by atoms with Gasteiger partial charge in [-0.15, -0.1) is 18.6 Å². The highest BCUT2D eigenvalue weighted by atomic mass is 19.4. The lowest BCUT2D eigenvalue weighted by Crippen LogP contribution is -2.33. The third-order valence-corrected chi connectivity index (χ3v) is 1.49. The molecule has 0 saturated heterocycles. The third kappa shape index (κ3) is 3.73. The van der Waals surface area contributed by atoms with Crippen LogP contribution in [0, 0.1) is 0 Å². The molecule has 1 rings (SSSR count). The van der Waals surface area contributed by atoms with Crippen LogP contribution >= 0.6 is 0 Å². The van der Waals surface area contributed by atoms with E-state index in [-0.39, 0.29) is 0 Å². The summed E-state index contributed by atoms with van der Waals surface area (Å²) in [6, 6.07) is 2.33. The van der Waals surface area contributed by atoms with Crippen LogP contribution in [0.5, 0.6) is 5.75 Å². The molecule has 0 heterocycles. The Kier molecular flexibility index (Phi) is 2.87. The highest BCUT2D eigenvalue weighted by molar-refractivity contribution is 6.73. The second kappa shape index (κ2) is 3.67. The maximum absolute atomic E-state index is 12.1. The first-order valence-corrected chi connectivity index (χ1v) is 3.74. The molecule has 0 amide bonds. The summed E-state index contributed by atoms with van der Waals surface area (Å²) in [6.45, 7) is -5.19. The fourth-order valence-electron chi connectivity index (χ4n) is 0.888. The monoisotopic (exact) mass is 229 g/mol. The molecule has 1 aromatic carbocycles. The number of rotatable bonds is 2. The molecule has 1 nitrogen and oxygen atoms in total. The van der Waals surface area contributed by atoms with Crippen molar-refractivity contribution >= 4 is 12.4 Å². The Labute approximate surface area is 80.7 Å². The van der Waals surface area contributed by atoms with Crippen LogP contribution in [0.3, 0.4) is 0 Å². The minimum atomic E-state index is -5.19. The molecule has 15 heavy (non-hydrogen) atoms. The average molecular weight is 229 g/mol. The first-order valence-electron chi connectivity index (χ1n) is 3.74. The Morgan fingerprint density at radius 3 is 1.73 bits per heavy atom. The zero-order chi connectivity index (χ0) is 11.7. The summed E-state index contributed by atoms with van der Waals surface area (Å²) >= 11 is 0. The van der Waals surface area contributed by atoms with E-state index in [4.69, 9.17) is 0 Å². The SMILES string of the molecule is F[B-](F)(F)c1ccc(OC(F)(F)F)cc1. The zero-order valence-electron chi connectivity index (χ0n) is 7.06. The molecule has 0 aromatic heterocycles. The van der Waals surface area contributed by atoms with Gasteiger partial charge in [-0.25, -0.2) is 0 Å². The minimum absolute atomic E-state index is 0.543. The first kappa shape index (κ1) is 11.7. The van der Waals surface area contributed by atoms with Gasteiger partial charge in [-0.05, 0) is 12.1 Å². The Bertz CT molecular complexity index is 327. The quantitative estimate of drug-likeness (QED) is 0.559. The molecule has 0 saturated carbocycles. The molecule has 0 aliphatic rings. The van der Waals surface area contributed by atoms with E-state index in [0.29, 0.717) is 24.3 Å². The maximum Gasteiger partial charge on any atom is 0.573 e. The number of benzene rings is 1. The van der Waals surface area contributed by atoms with Crippen molar-refractivity contribution < 1.29 is 30.9 Å². The molecule has 0 spiro atoms. The smallest absolute Gasteiger partial charge is 0.445 e. The highest BCUT2D eigenvalue weighted by Gasteiger charge is 2.31. The number of ether oxygens (including phenoxy) is 1. The minimum Gasteiger partial charge on any atom is -0.445 e. The number of hydrogen-bond acceptors (Lipinski definition) is 1. The van der Waals surface area contributed by atoms with Crippen molar-refractivity contribution in [3.05, 3.63) is 24.3 Å². The lowest BCUT2D eigenvalue weighted by Gasteiger charge is -2.15. The van der Waals surface area contributed by atoms with Crippen molar-refractivity contribution in [1.82, 2.24) is 0 Å². The molecule has 0 fully saturated rings. The van der Waals surface area contributed by atoms with Crippen molar-refractivity contribution in [2.24, 2.45) is 0 Å². The third-order valence-electron chi connectivity index (χ3n) is 1.49. The molecule has 0 unspecified atom stereocenters. The molecule has 8 heteroatoms. The van der Waals surface area contributed by atoms with Crippen LogP contribution in [-0.4, -0.2) is 13.3 Å². The van der Waals surface area contributed by atoms with Crippen LogP contribution in [0.25, 0.3) is 0 Å². The standard InChI is InChI=1S/C7H4BF6O/c9-7(10,11)15-6-3-1-5(2-4-6)8(12,13)14/h1-4H/q-1. The topological polar surface area (TPSA) is 9.23 Å². The molecule has 84 valence electrons.